The molecular formula is C18H19FN6OS. The van der Waals surface area contributed by atoms with Gasteiger partial charge < -0.3 is 10.2 Å². The maximum atomic E-state index is 13.4. The lowest BCUT2D eigenvalue weighted by atomic mass is 10.1. The highest BCUT2D eigenvalue weighted by atomic mass is 32.1. The number of nitrogens with zero attached hydrogens (tertiary/aromatic N) is 5. The summed E-state index contributed by atoms with van der Waals surface area (Å²) in [4.78, 5) is 32.0. The van der Waals surface area contributed by atoms with Crippen LogP contribution in [0, 0.1) is 12.7 Å². The molecule has 0 radical (unpaired) electrons. The van der Waals surface area contributed by atoms with E-state index in [9.17, 15) is 9.18 Å². The molecule has 9 heteroatoms. The van der Waals surface area contributed by atoms with Crippen molar-refractivity contribution in [3.05, 3.63) is 40.5 Å². The van der Waals surface area contributed by atoms with Gasteiger partial charge in [0, 0.05) is 19.3 Å². The average Bonchev–Trinajstić information content (AvgIpc) is 3.29. The van der Waals surface area contributed by atoms with Crippen molar-refractivity contribution in [2.24, 2.45) is 0 Å². The first kappa shape index (κ1) is 17.7. The summed E-state index contributed by atoms with van der Waals surface area (Å²) in [5, 5.41) is 3.97. The Morgan fingerprint density at radius 2 is 2.04 bits per heavy atom. The number of anilines is 1. The van der Waals surface area contributed by atoms with E-state index in [0.717, 1.165) is 37.1 Å². The normalized spacial score (nSPS) is 15.3. The molecule has 0 bridgehead atoms. The summed E-state index contributed by atoms with van der Waals surface area (Å²) < 4.78 is 14.1. The third-order valence-corrected chi connectivity index (χ3v) is 5.50. The number of fused-ring (bicyclic) bond motifs is 1. The molecule has 0 saturated carbocycles. The van der Waals surface area contributed by atoms with Gasteiger partial charge in [-0.05, 0) is 38.3 Å². The van der Waals surface area contributed by atoms with Gasteiger partial charge in [0.1, 0.15) is 10.5 Å². The van der Waals surface area contributed by atoms with Crippen LogP contribution >= 0.6 is 11.3 Å². The Hall–Kier alpha value is -2.68. The molecule has 3 aromatic heterocycles. The van der Waals surface area contributed by atoms with E-state index in [1.54, 1.807) is 6.20 Å². The summed E-state index contributed by atoms with van der Waals surface area (Å²) >= 11 is 1.42. The lowest BCUT2D eigenvalue weighted by molar-refractivity contribution is 0.0789. The van der Waals surface area contributed by atoms with Gasteiger partial charge in [0.2, 0.25) is 5.95 Å². The fourth-order valence-corrected chi connectivity index (χ4v) is 3.99. The second kappa shape index (κ2) is 7.15. The van der Waals surface area contributed by atoms with Crippen LogP contribution in [-0.4, -0.2) is 43.8 Å². The number of carbonyl (C=O) groups is 1. The largest absolute Gasteiger partial charge is 0.348 e. The zero-order valence-corrected chi connectivity index (χ0v) is 15.9. The molecule has 0 aromatic carbocycles. The Morgan fingerprint density at radius 3 is 2.78 bits per heavy atom. The zero-order chi connectivity index (χ0) is 19.0. The van der Waals surface area contributed by atoms with E-state index in [2.05, 4.69) is 25.3 Å². The quantitative estimate of drug-likeness (QED) is 0.740. The Morgan fingerprint density at radius 1 is 1.26 bits per heavy atom. The van der Waals surface area contributed by atoms with Gasteiger partial charge in [0.15, 0.2) is 11.3 Å². The van der Waals surface area contributed by atoms with Gasteiger partial charge in [0.05, 0.1) is 17.2 Å². The third-order valence-electron chi connectivity index (χ3n) is 4.53. The monoisotopic (exact) mass is 386 g/mol. The summed E-state index contributed by atoms with van der Waals surface area (Å²) in [7, 11) is 0. The summed E-state index contributed by atoms with van der Waals surface area (Å²) in [6.45, 7) is 5.23. The van der Waals surface area contributed by atoms with Gasteiger partial charge in [-0.3, -0.25) is 9.78 Å². The van der Waals surface area contributed by atoms with E-state index in [1.165, 1.54) is 17.4 Å². The van der Waals surface area contributed by atoms with Crippen molar-refractivity contribution in [3.63, 3.8) is 0 Å². The Labute approximate surface area is 159 Å². The number of hydrogen-bond donors (Lipinski definition) is 1. The van der Waals surface area contributed by atoms with Crippen molar-refractivity contribution < 1.29 is 9.18 Å². The van der Waals surface area contributed by atoms with Crippen LogP contribution in [0.25, 0.3) is 10.3 Å². The second-order valence-electron chi connectivity index (χ2n) is 6.58. The lowest BCUT2D eigenvalue weighted by Gasteiger charge is -2.17. The van der Waals surface area contributed by atoms with E-state index in [-0.39, 0.29) is 11.9 Å². The maximum absolute atomic E-state index is 13.4. The number of rotatable bonds is 4. The molecule has 4 rings (SSSR count). The van der Waals surface area contributed by atoms with Crippen molar-refractivity contribution in [3.8, 4) is 0 Å². The van der Waals surface area contributed by atoms with Crippen LogP contribution in [0.1, 0.15) is 46.9 Å². The SMILES string of the molecule is Cc1nc2nc(N[C@@H](C)c3cncc(F)c3)nc(C(=O)N3CCCC3)c2s1. The standard InChI is InChI=1S/C18H19FN6OS/c1-10(12-7-13(19)9-20-8-12)21-18-23-14(17(26)25-5-3-4-6-25)15-16(24-18)22-11(2)27-15/h7-10H,3-6H2,1-2H3,(H,21,23,24)/t10-/m0/s1. The smallest absolute Gasteiger partial charge is 0.274 e. The van der Waals surface area contributed by atoms with E-state index in [0.29, 0.717) is 27.6 Å². The minimum Gasteiger partial charge on any atom is -0.348 e. The van der Waals surface area contributed by atoms with Crippen LogP contribution in [-0.2, 0) is 0 Å². The zero-order valence-electron chi connectivity index (χ0n) is 15.1. The van der Waals surface area contributed by atoms with Gasteiger partial charge in [-0.25, -0.2) is 14.4 Å². The number of aromatic nitrogens is 4. The number of hydrogen-bond acceptors (Lipinski definition) is 7. The first-order valence-electron chi connectivity index (χ1n) is 8.82. The van der Waals surface area contributed by atoms with Gasteiger partial charge in [-0.1, -0.05) is 0 Å². The molecule has 1 saturated heterocycles. The van der Waals surface area contributed by atoms with Crippen LogP contribution < -0.4 is 5.32 Å². The molecular weight excluding hydrogens is 367 g/mol. The van der Waals surface area contributed by atoms with Gasteiger partial charge in [-0.15, -0.1) is 11.3 Å². The molecule has 1 N–H and O–H groups in total. The minimum atomic E-state index is -0.405. The molecule has 1 fully saturated rings. The number of carbonyl (C=O) groups excluding carboxylic acids is 1. The minimum absolute atomic E-state index is 0.0910. The summed E-state index contributed by atoms with van der Waals surface area (Å²) in [6, 6.07) is 1.13. The fourth-order valence-electron chi connectivity index (χ4n) is 3.15. The highest BCUT2D eigenvalue weighted by molar-refractivity contribution is 7.18. The molecule has 27 heavy (non-hydrogen) atoms. The molecule has 7 nitrogen and oxygen atoms in total. The number of pyridine rings is 1. The van der Waals surface area contributed by atoms with E-state index in [4.69, 9.17) is 0 Å². The van der Waals surface area contributed by atoms with E-state index < -0.39 is 5.82 Å². The van der Waals surface area contributed by atoms with E-state index in [1.807, 2.05) is 18.7 Å². The number of aryl methyl sites for hydroxylation is 1. The number of nitrogens with one attached hydrogen (secondary N) is 1. The topological polar surface area (TPSA) is 83.9 Å². The predicted octanol–water partition coefficient (Wildman–Crippen LogP) is 3.34. The highest BCUT2D eigenvalue weighted by Gasteiger charge is 2.25. The summed E-state index contributed by atoms with van der Waals surface area (Å²) in [5.74, 6) is -0.198. The third kappa shape index (κ3) is 3.59. The molecule has 1 aliphatic rings. The fraction of sp³-hybridized carbons (Fsp3) is 0.389. The molecule has 1 amide bonds. The molecule has 0 aliphatic carbocycles. The van der Waals surface area contributed by atoms with Gasteiger partial charge in [0.25, 0.3) is 5.91 Å². The Balaban J connectivity index is 1.69. The molecule has 0 unspecified atom stereocenters. The molecule has 3 aromatic rings. The number of amides is 1. The van der Waals surface area contributed by atoms with Crippen molar-refractivity contribution in [2.75, 3.05) is 18.4 Å². The van der Waals surface area contributed by atoms with Crippen LogP contribution in [0.4, 0.5) is 10.3 Å². The Kier molecular flexibility index (Phi) is 4.69. The number of halogens is 1. The highest BCUT2D eigenvalue weighted by Crippen LogP contribution is 2.27. The molecule has 1 atom stereocenters. The summed E-state index contributed by atoms with van der Waals surface area (Å²) in [6.07, 6.45) is 4.76. The Bertz CT molecular complexity index is 1000. The molecule has 140 valence electrons. The van der Waals surface area contributed by atoms with Crippen molar-refractivity contribution in [1.82, 2.24) is 24.8 Å². The average molecular weight is 386 g/mol. The van der Waals surface area contributed by atoms with E-state index >= 15 is 0 Å². The molecule has 4 heterocycles. The predicted molar refractivity (Wildman–Crippen MR) is 101 cm³/mol. The van der Waals surface area contributed by atoms with Crippen LogP contribution in [0.2, 0.25) is 0 Å². The van der Waals surface area contributed by atoms with Gasteiger partial charge in [-0.2, -0.15) is 4.98 Å². The van der Waals surface area contributed by atoms with Crippen molar-refractivity contribution >= 4 is 33.5 Å². The maximum Gasteiger partial charge on any atom is 0.274 e. The lowest BCUT2D eigenvalue weighted by Crippen LogP contribution is -2.29. The van der Waals surface area contributed by atoms with Crippen LogP contribution in [0.5, 0.6) is 0 Å². The van der Waals surface area contributed by atoms with Crippen LogP contribution in [0.15, 0.2) is 18.5 Å². The number of thiazole rings is 1. The second-order valence-corrected chi connectivity index (χ2v) is 7.79. The number of likely N-dealkylation sites (tertiary alicyclic amines) is 1. The first-order valence-corrected chi connectivity index (χ1v) is 9.64. The van der Waals surface area contributed by atoms with Crippen molar-refractivity contribution in [2.45, 2.75) is 32.7 Å². The van der Waals surface area contributed by atoms with Gasteiger partial charge >= 0.3 is 0 Å². The van der Waals surface area contributed by atoms with Crippen LogP contribution in [0.3, 0.4) is 0 Å². The first-order chi connectivity index (χ1) is 13.0. The summed E-state index contributed by atoms with van der Waals surface area (Å²) in [5.41, 5.74) is 1.54. The molecule has 0 spiro atoms. The van der Waals surface area contributed by atoms with Crippen molar-refractivity contribution in [1.29, 1.82) is 0 Å². The molecule has 1 aliphatic heterocycles.